The molecule has 0 amide bonds. The Morgan fingerprint density at radius 3 is 2.97 bits per heavy atom. The van der Waals surface area contributed by atoms with Crippen molar-refractivity contribution < 1.29 is 13.9 Å². The molecule has 5 rings (SSSR count). The molecule has 0 aliphatic carbocycles. The average molecular weight is 486 g/mol. The Hall–Kier alpha value is -2.68. The summed E-state index contributed by atoms with van der Waals surface area (Å²) in [6, 6.07) is 8.82. The van der Waals surface area contributed by atoms with Crippen molar-refractivity contribution in [1.29, 1.82) is 0 Å². The highest BCUT2D eigenvalue weighted by Crippen LogP contribution is 2.35. The van der Waals surface area contributed by atoms with Gasteiger partial charge in [0.1, 0.15) is 18.0 Å². The van der Waals surface area contributed by atoms with E-state index in [0.717, 1.165) is 37.4 Å². The molecule has 0 spiro atoms. The Morgan fingerprint density at radius 1 is 1.21 bits per heavy atom. The lowest BCUT2D eigenvalue weighted by Gasteiger charge is -2.34. The monoisotopic (exact) mass is 485 g/mol. The minimum Gasteiger partial charge on any atom is -0.493 e. The van der Waals surface area contributed by atoms with Crippen LogP contribution in [0.15, 0.2) is 36.7 Å². The largest absolute Gasteiger partial charge is 0.493 e. The number of methoxy groups -OCH3 is 1. The molecule has 2 aliphatic rings. The molecular formula is C25H29ClFN5O2. The van der Waals surface area contributed by atoms with Crippen molar-refractivity contribution in [2.24, 2.45) is 5.92 Å². The van der Waals surface area contributed by atoms with Crippen molar-refractivity contribution in [3.8, 4) is 11.5 Å². The molecule has 7 nitrogen and oxygen atoms in total. The lowest BCUT2D eigenvalue weighted by Crippen LogP contribution is -2.46. The Kier molecular flexibility index (Phi) is 6.99. The summed E-state index contributed by atoms with van der Waals surface area (Å²) in [5.41, 5.74) is 1.34. The molecular weight excluding hydrogens is 457 g/mol. The molecule has 2 aromatic carbocycles. The van der Waals surface area contributed by atoms with E-state index >= 15 is 0 Å². The van der Waals surface area contributed by atoms with Gasteiger partial charge in [-0.05, 0) is 62.5 Å². The molecule has 9 heteroatoms. The maximum absolute atomic E-state index is 13.5. The number of rotatable bonds is 8. The molecule has 3 aromatic rings. The Labute approximate surface area is 203 Å². The Morgan fingerprint density at radius 2 is 2.12 bits per heavy atom. The normalized spacial score (nSPS) is 20.3. The summed E-state index contributed by atoms with van der Waals surface area (Å²) in [4.78, 5) is 11.3. The third-order valence-electron chi connectivity index (χ3n) is 6.74. The number of ether oxygens (including phenoxy) is 2. The number of piperidine rings is 1. The molecule has 34 heavy (non-hydrogen) atoms. The number of nitrogens with zero attached hydrogens (tertiary/aromatic N) is 3. The van der Waals surface area contributed by atoms with E-state index < -0.39 is 5.82 Å². The van der Waals surface area contributed by atoms with E-state index in [4.69, 9.17) is 21.1 Å². The van der Waals surface area contributed by atoms with Crippen molar-refractivity contribution in [3.05, 3.63) is 47.5 Å². The number of anilines is 2. The standard InChI is InChI=1S/C25H29ClFN5O2/c1-33-23-13-21-18(25(30-15-29-21)31-17-3-4-20(27)19(26)11-17)12-24(23)34-10-2-8-32-9-6-16-5-7-28-22(16)14-32/h3-4,11-13,15-16,22,28H,2,5-10,14H2,1H3,(H,29,30,31). The van der Waals surface area contributed by atoms with Crippen LogP contribution in [-0.2, 0) is 0 Å². The summed E-state index contributed by atoms with van der Waals surface area (Å²) in [6.07, 6.45) is 5.01. The van der Waals surface area contributed by atoms with Crippen molar-refractivity contribution >= 4 is 34.0 Å². The number of fused-ring (bicyclic) bond motifs is 2. The van der Waals surface area contributed by atoms with Crippen LogP contribution in [0, 0.1) is 11.7 Å². The molecule has 180 valence electrons. The van der Waals surface area contributed by atoms with Crippen LogP contribution < -0.4 is 20.1 Å². The van der Waals surface area contributed by atoms with Crippen molar-refractivity contribution in [1.82, 2.24) is 20.2 Å². The quantitative estimate of drug-likeness (QED) is 0.451. The van der Waals surface area contributed by atoms with Gasteiger partial charge in [-0.25, -0.2) is 14.4 Å². The predicted octanol–water partition coefficient (Wildman–Crippen LogP) is 4.63. The summed E-state index contributed by atoms with van der Waals surface area (Å²) in [5, 5.41) is 7.64. The minimum absolute atomic E-state index is 0.0435. The van der Waals surface area contributed by atoms with Crippen LogP contribution in [0.4, 0.5) is 15.9 Å². The van der Waals surface area contributed by atoms with E-state index in [0.29, 0.717) is 41.2 Å². The fraction of sp³-hybridized carbons (Fsp3) is 0.440. The van der Waals surface area contributed by atoms with Gasteiger partial charge in [-0.15, -0.1) is 0 Å². The number of nitrogens with one attached hydrogen (secondary N) is 2. The van der Waals surface area contributed by atoms with Gasteiger partial charge in [-0.3, -0.25) is 0 Å². The zero-order valence-corrected chi connectivity index (χ0v) is 19.9. The van der Waals surface area contributed by atoms with Crippen LogP contribution in [0.5, 0.6) is 11.5 Å². The zero-order valence-electron chi connectivity index (χ0n) is 19.2. The van der Waals surface area contributed by atoms with Crippen molar-refractivity contribution in [2.45, 2.75) is 25.3 Å². The number of halogens is 2. The molecule has 0 bridgehead atoms. The molecule has 1 aromatic heterocycles. The van der Waals surface area contributed by atoms with Gasteiger partial charge in [-0.1, -0.05) is 11.6 Å². The first-order chi connectivity index (χ1) is 16.6. The lowest BCUT2D eigenvalue weighted by atomic mass is 9.92. The first-order valence-corrected chi connectivity index (χ1v) is 12.1. The van der Waals surface area contributed by atoms with Gasteiger partial charge in [0.2, 0.25) is 0 Å². The maximum atomic E-state index is 13.5. The fourth-order valence-corrected chi connectivity index (χ4v) is 5.10. The van der Waals surface area contributed by atoms with Crippen LogP contribution in [-0.4, -0.2) is 60.8 Å². The van der Waals surface area contributed by atoms with Crippen LogP contribution in [0.2, 0.25) is 5.02 Å². The van der Waals surface area contributed by atoms with E-state index in [1.807, 2.05) is 12.1 Å². The van der Waals surface area contributed by atoms with Crippen molar-refractivity contribution in [2.75, 3.05) is 45.2 Å². The highest BCUT2D eigenvalue weighted by Gasteiger charge is 2.32. The Balaban J connectivity index is 1.26. The molecule has 0 saturated carbocycles. The highest BCUT2D eigenvalue weighted by atomic mass is 35.5. The molecule has 2 atom stereocenters. The molecule has 2 saturated heterocycles. The van der Waals surface area contributed by atoms with E-state index in [1.54, 1.807) is 13.2 Å². The first-order valence-electron chi connectivity index (χ1n) is 11.7. The maximum Gasteiger partial charge on any atom is 0.162 e. The topological polar surface area (TPSA) is 71.5 Å². The van der Waals surface area contributed by atoms with E-state index in [1.165, 1.54) is 37.8 Å². The molecule has 2 aliphatic heterocycles. The second-order valence-corrected chi connectivity index (χ2v) is 9.30. The first kappa shape index (κ1) is 23.1. The molecule has 2 unspecified atom stereocenters. The summed E-state index contributed by atoms with van der Waals surface area (Å²) in [5.74, 6) is 2.22. The second kappa shape index (κ2) is 10.3. The van der Waals surface area contributed by atoms with Gasteiger partial charge < -0.3 is 25.0 Å². The van der Waals surface area contributed by atoms with Gasteiger partial charge >= 0.3 is 0 Å². The molecule has 2 N–H and O–H groups in total. The number of aromatic nitrogens is 2. The van der Waals surface area contributed by atoms with Crippen LogP contribution >= 0.6 is 11.6 Å². The molecule has 2 fully saturated rings. The van der Waals surface area contributed by atoms with Gasteiger partial charge in [0.25, 0.3) is 0 Å². The summed E-state index contributed by atoms with van der Waals surface area (Å²) in [7, 11) is 1.62. The van der Waals surface area contributed by atoms with E-state index in [2.05, 4.69) is 25.5 Å². The van der Waals surface area contributed by atoms with Crippen LogP contribution in [0.25, 0.3) is 10.9 Å². The zero-order chi connectivity index (χ0) is 23.5. The van der Waals surface area contributed by atoms with Gasteiger partial charge in [0, 0.05) is 36.3 Å². The fourth-order valence-electron chi connectivity index (χ4n) is 4.92. The van der Waals surface area contributed by atoms with Gasteiger partial charge in [0.15, 0.2) is 11.5 Å². The highest BCUT2D eigenvalue weighted by molar-refractivity contribution is 6.31. The summed E-state index contributed by atoms with van der Waals surface area (Å²) in [6.45, 7) is 5.06. The van der Waals surface area contributed by atoms with E-state index in [-0.39, 0.29) is 5.02 Å². The average Bonchev–Trinajstić information content (AvgIpc) is 3.32. The number of hydrogen-bond donors (Lipinski definition) is 2. The number of likely N-dealkylation sites (tertiary alicyclic amines) is 1. The van der Waals surface area contributed by atoms with Gasteiger partial charge in [0.05, 0.1) is 24.3 Å². The lowest BCUT2D eigenvalue weighted by molar-refractivity contribution is 0.155. The molecule has 3 heterocycles. The Bertz CT molecular complexity index is 1160. The van der Waals surface area contributed by atoms with Gasteiger partial charge in [-0.2, -0.15) is 0 Å². The third kappa shape index (κ3) is 5.04. The number of benzene rings is 2. The smallest absolute Gasteiger partial charge is 0.162 e. The van der Waals surface area contributed by atoms with Crippen molar-refractivity contribution in [3.63, 3.8) is 0 Å². The van der Waals surface area contributed by atoms with E-state index in [9.17, 15) is 4.39 Å². The SMILES string of the molecule is COc1cc2ncnc(Nc3ccc(F)c(Cl)c3)c2cc1OCCCN1CCC2CCNC2C1. The third-order valence-corrected chi connectivity index (χ3v) is 7.03. The number of hydrogen-bond acceptors (Lipinski definition) is 7. The predicted molar refractivity (Wildman–Crippen MR) is 132 cm³/mol. The molecule has 0 radical (unpaired) electrons. The van der Waals surface area contributed by atoms with Crippen LogP contribution in [0.3, 0.4) is 0 Å². The summed E-state index contributed by atoms with van der Waals surface area (Å²) >= 11 is 5.93. The second-order valence-electron chi connectivity index (χ2n) is 8.90. The summed E-state index contributed by atoms with van der Waals surface area (Å²) < 4.78 is 25.2. The van der Waals surface area contributed by atoms with Crippen LogP contribution in [0.1, 0.15) is 19.3 Å². The minimum atomic E-state index is -0.468.